The lowest BCUT2D eigenvalue weighted by atomic mass is 9.34. The van der Waals surface area contributed by atoms with E-state index in [2.05, 4.69) is 26.8 Å². The molecule has 6 fully saturated rings. The fraction of sp³-hybridized carbons (Fsp3) is 0.927. The highest BCUT2D eigenvalue weighted by atomic mass is 16.7. The van der Waals surface area contributed by atoms with E-state index in [0.29, 0.717) is 44.9 Å². The Morgan fingerprint density at radius 1 is 0.702 bits per heavy atom. The maximum atomic E-state index is 14.6. The Bertz CT molecular complexity index is 1560. The van der Waals surface area contributed by atoms with Crippen molar-refractivity contribution in [2.45, 2.75) is 178 Å². The fourth-order valence-electron chi connectivity index (χ4n) is 13.3. The quantitative estimate of drug-likeness (QED) is 0.113. The van der Waals surface area contributed by atoms with Crippen molar-refractivity contribution in [2.75, 3.05) is 13.2 Å². The van der Waals surface area contributed by atoms with Crippen LogP contribution in [0.1, 0.15) is 92.9 Å². The van der Waals surface area contributed by atoms with E-state index in [-0.39, 0.29) is 18.3 Å². The first kappa shape index (κ1) is 43.7. The lowest BCUT2D eigenvalue weighted by molar-refractivity contribution is -0.365. The predicted octanol–water partition coefficient (Wildman–Crippen LogP) is -1.02. The van der Waals surface area contributed by atoms with E-state index in [1.165, 1.54) is 0 Å². The molecule has 0 bridgehead atoms. The van der Waals surface area contributed by atoms with Crippen LogP contribution in [0.2, 0.25) is 0 Å². The molecule has 0 spiro atoms. The van der Waals surface area contributed by atoms with Crippen molar-refractivity contribution in [3.63, 3.8) is 0 Å². The van der Waals surface area contributed by atoms with Gasteiger partial charge >= 0.3 is 5.97 Å². The minimum atomic E-state index is -1.77. The Labute approximate surface area is 333 Å². The van der Waals surface area contributed by atoms with Crippen LogP contribution in [-0.2, 0) is 23.7 Å². The lowest BCUT2D eigenvalue weighted by Crippen LogP contribution is -2.72. The van der Waals surface area contributed by atoms with Gasteiger partial charge in [0.25, 0.3) is 0 Å². The van der Waals surface area contributed by atoms with Gasteiger partial charge < -0.3 is 75.1 Å². The van der Waals surface area contributed by atoms with Crippen LogP contribution in [0.3, 0.4) is 0 Å². The van der Waals surface area contributed by atoms with Crippen molar-refractivity contribution in [2.24, 2.45) is 44.8 Å². The Morgan fingerprint density at radius 3 is 1.86 bits per heavy atom. The molecule has 2 aliphatic heterocycles. The van der Waals surface area contributed by atoms with E-state index in [1.807, 2.05) is 13.8 Å². The minimum Gasteiger partial charge on any atom is -0.432 e. The monoisotopic (exact) mass is 814 g/mol. The van der Waals surface area contributed by atoms with Gasteiger partial charge in [-0.1, -0.05) is 46.3 Å². The Balaban J connectivity index is 1.23. The molecule has 11 N–H and O–H groups in total. The van der Waals surface area contributed by atoms with Crippen molar-refractivity contribution in [3.05, 3.63) is 11.6 Å². The number of esters is 1. The van der Waals surface area contributed by atoms with Crippen LogP contribution in [0.25, 0.3) is 0 Å². The molecule has 5 aliphatic carbocycles. The first-order chi connectivity index (χ1) is 26.5. The molecular formula is C41H66O16. The second kappa shape index (κ2) is 14.6. The number of ether oxygens (including phenoxy) is 4. The topological polar surface area (TPSA) is 277 Å². The molecule has 0 aromatic carbocycles. The standard InChI is InChI=1S/C41H66O16/c1-36(2)11-13-41(35(53)56-33-29(49)27(47)25(45)20(16-42)54-33)14-12-38(4)18(24(41)32(36)52)7-8-22-37(3)15-19(44)31(51)40(6,23(37)9-10-39(22,38)5)57-34-30(50)28(48)26(46)21(17-43)55-34/h7,19-34,42-52H,8-17H2,1-6H3. The number of rotatable bonds is 6. The molecule has 0 aromatic heterocycles. The molecule has 0 aromatic rings. The predicted molar refractivity (Wildman–Crippen MR) is 197 cm³/mol. The second-order valence-electron chi connectivity index (χ2n) is 20.2. The number of hydrogen-bond acceptors (Lipinski definition) is 16. The number of allylic oxidation sites excluding steroid dienone is 1. The molecule has 326 valence electrons. The van der Waals surface area contributed by atoms with Crippen LogP contribution in [0.5, 0.6) is 0 Å². The SMILES string of the molecule is CC1(C)CCC2(C(=O)OC3OC(CO)C(O)C(O)C3O)CCC3(C)C(=CCC4C5(C)CC(O)C(O)C(C)(OC6OC(CO)C(O)C(O)C6O)C5CCC43C)C2C1O. The van der Waals surface area contributed by atoms with Crippen LogP contribution in [0, 0.1) is 44.8 Å². The summed E-state index contributed by atoms with van der Waals surface area (Å²) in [6.45, 7) is 10.8. The van der Waals surface area contributed by atoms with Crippen LogP contribution in [0.4, 0.5) is 0 Å². The van der Waals surface area contributed by atoms with Crippen LogP contribution < -0.4 is 0 Å². The molecular weight excluding hydrogens is 748 g/mol. The third-order valence-electron chi connectivity index (χ3n) is 17.1. The summed E-state index contributed by atoms with van der Waals surface area (Å²) in [5.41, 5.74) is -4.03. The summed E-state index contributed by atoms with van der Waals surface area (Å²) in [5.74, 6) is -1.86. The fourth-order valence-corrected chi connectivity index (χ4v) is 13.3. The van der Waals surface area contributed by atoms with E-state index < -0.39 is 138 Å². The zero-order chi connectivity index (χ0) is 42.0. The van der Waals surface area contributed by atoms with Gasteiger partial charge in [-0.15, -0.1) is 0 Å². The van der Waals surface area contributed by atoms with Gasteiger partial charge in [-0.3, -0.25) is 4.79 Å². The molecule has 16 nitrogen and oxygen atoms in total. The number of aliphatic hydroxyl groups is 11. The molecule has 7 aliphatic rings. The van der Waals surface area contributed by atoms with Gasteiger partial charge in [0, 0.05) is 5.92 Å². The van der Waals surface area contributed by atoms with Crippen molar-refractivity contribution in [3.8, 4) is 0 Å². The molecule has 2 heterocycles. The van der Waals surface area contributed by atoms with Crippen molar-refractivity contribution >= 4 is 5.97 Å². The third kappa shape index (κ3) is 6.17. The van der Waals surface area contributed by atoms with Crippen molar-refractivity contribution < 1.29 is 79.9 Å². The number of fused-ring (bicyclic) bond motifs is 7. The number of hydrogen-bond donors (Lipinski definition) is 11. The van der Waals surface area contributed by atoms with Gasteiger partial charge in [-0.05, 0) is 91.8 Å². The molecule has 16 heteroatoms. The molecule has 2 saturated heterocycles. The Morgan fingerprint density at radius 2 is 1.26 bits per heavy atom. The number of carbonyl (C=O) groups is 1. The molecule has 0 radical (unpaired) electrons. The molecule has 4 saturated carbocycles. The highest BCUT2D eigenvalue weighted by Crippen LogP contribution is 2.75. The van der Waals surface area contributed by atoms with Gasteiger partial charge in [0.1, 0.15) is 60.5 Å². The molecule has 21 atom stereocenters. The Kier molecular flexibility index (Phi) is 11.2. The minimum absolute atomic E-state index is 0.0975. The zero-order valence-electron chi connectivity index (χ0n) is 33.8. The largest absolute Gasteiger partial charge is 0.432 e. The first-order valence-corrected chi connectivity index (χ1v) is 20.7. The summed E-state index contributed by atoms with van der Waals surface area (Å²) in [5, 5.41) is 119. The molecule has 0 amide bonds. The van der Waals surface area contributed by atoms with E-state index in [1.54, 1.807) is 6.92 Å². The highest BCUT2D eigenvalue weighted by molar-refractivity contribution is 5.79. The average molecular weight is 815 g/mol. The highest BCUT2D eigenvalue weighted by Gasteiger charge is 2.73. The first-order valence-electron chi connectivity index (χ1n) is 20.7. The number of aliphatic hydroxyl groups excluding tert-OH is 11. The van der Waals surface area contributed by atoms with Gasteiger partial charge in [0.15, 0.2) is 6.29 Å². The van der Waals surface area contributed by atoms with Gasteiger partial charge in [-0.2, -0.15) is 0 Å². The van der Waals surface area contributed by atoms with Crippen LogP contribution >= 0.6 is 0 Å². The summed E-state index contributed by atoms with van der Waals surface area (Å²) >= 11 is 0. The van der Waals surface area contributed by atoms with E-state index in [9.17, 15) is 61.0 Å². The van der Waals surface area contributed by atoms with Crippen LogP contribution in [-0.4, -0.2) is 161 Å². The second-order valence-corrected chi connectivity index (χ2v) is 20.2. The molecule has 7 rings (SSSR count). The number of carbonyl (C=O) groups excluding carboxylic acids is 1. The van der Waals surface area contributed by atoms with Gasteiger partial charge in [0.2, 0.25) is 6.29 Å². The summed E-state index contributed by atoms with van der Waals surface area (Å²) in [7, 11) is 0. The maximum Gasteiger partial charge on any atom is 0.315 e. The average Bonchev–Trinajstić information content (AvgIpc) is 3.16. The van der Waals surface area contributed by atoms with Crippen molar-refractivity contribution in [1.29, 1.82) is 0 Å². The normalized spacial score (nSPS) is 56.0. The summed E-state index contributed by atoms with van der Waals surface area (Å²) in [6, 6.07) is 0. The molecule has 57 heavy (non-hydrogen) atoms. The van der Waals surface area contributed by atoms with E-state index >= 15 is 0 Å². The van der Waals surface area contributed by atoms with Gasteiger partial charge in [0.05, 0.1) is 30.8 Å². The summed E-state index contributed by atoms with van der Waals surface area (Å²) < 4.78 is 23.6. The molecule has 21 unspecified atom stereocenters. The smallest absolute Gasteiger partial charge is 0.315 e. The third-order valence-corrected chi connectivity index (χ3v) is 17.1. The lowest BCUT2D eigenvalue weighted by Gasteiger charge is -2.71. The maximum absolute atomic E-state index is 14.6. The van der Waals surface area contributed by atoms with Gasteiger partial charge in [-0.25, -0.2) is 0 Å². The summed E-state index contributed by atoms with van der Waals surface area (Å²) in [4.78, 5) is 14.6. The van der Waals surface area contributed by atoms with Crippen molar-refractivity contribution in [1.82, 2.24) is 0 Å². The Hall–Kier alpha value is -1.35. The zero-order valence-corrected chi connectivity index (χ0v) is 33.8. The van der Waals surface area contributed by atoms with Crippen LogP contribution in [0.15, 0.2) is 11.6 Å². The van der Waals surface area contributed by atoms with E-state index in [0.717, 1.165) is 5.57 Å². The van der Waals surface area contributed by atoms with E-state index in [4.69, 9.17) is 18.9 Å². The summed E-state index contributed by atoms with van der Waals surface area (Å²) in [6.07, 6.45) is -13.6.